The van der Waals surface area contributed by atoms with Crippen LogP contribution in [0.25, 0.3) is 0 Å². The van der Waals surface area contributed by atoms with Gasteiger partial charge in [-0.15, -0.1) is 0 Å². The van der Waals surface area contributed by atoms with Crippen molar-refractivity contribution < 1.29 is 24.5 Å². The van der Waals surface area contributed by atoms with E-state index in [1.165, 1.54) is 51.4 Å². The number of amides is 1. The van der Waals surface area contributed by atoms with Crippen LogP contribution in [0.3, 0.4) is 0 Å². The van der Waals surface area contributed by atoms with Gasteiger partial charge in [0.2, 0.25) is 5.91 Å². The summed E-state index contributed by atoms with van der Waals surface area (Å²) in [5.74, 6) is -0.694. The van der Waals surface area contributed by atoms with Crippen molar-refractivity contribution in [2.45, 2.75) is 187 Å². The van der Waals surface area contributed by atoms with E-state index in [0.29, 0.717) is 19.3 Å². The molecule has 0 saturated heterocycles. The Labute approximate surface area is 355 Å². The summed E-state index contributed by atoms with van der Waals surface area (Å²) in [5, 5.41) is 23.5. The fourth-order valence-corrected chi connectivity index (χ4v) is 6.01. The minimum absolute atomic E-state index is 0.0494. The van der Waals surface area contributed by atoms with Crippen molar-refractivity contribution in [3.63, 3.8) is 0 Å². The first-order valence-corrected chi connectivity index (χ1v) is 22.8. The Kier molecular flexibility index (Phi) is 41.5. The lowest BCUT2D eigenvalue weighted by atomic mass is 10.0. The van der Waals surface area contributed by atoms with Crippen molar-refractivity contribution in [3.05, 3.63) is 122 Å². The lowest BCUT2D eigenvalue weighted by Crippen LogP contribution is -2.46. The van der Waals surface area contributed by atoms with Crippen molar-refractivity contribution in [3.8, 4) is 0 Å². The third-order valence-electron chi connectivity index (χ3n) is 9.42. The Morgan fingerprint density at radius 2 is 1.02 bits per heavy atom. The summed E-state index contributed by atoms with van der Waals surface area (Å²) in [6, 6.07) is -0.757. The number of rotatable bonds is 38. The van der Waals surface area contributed by atoms with Gasteiger partial charge in [0.1, 0.15) is 6.10 Å². The molecule has 6 nitrogen and oxygen atoms in total. The molecule has 0 aromatic heterocycles. The highest BCUT2D eigenvalue weighted by Crippen LogP contribution is 2.15. The van der Waals surface area contributed by atoms with Gasteiger partial charge in [0.15, 0.2) is 0 Å². The molecule has 0 fully saturated rings. The van der Waals surface area contributed by atoms with Gasteiger partial charge in [-0.25, -0.2) is 0 Å². The molecule has 0 bridgehead atoms. The maximum Gasteiger partial charge on any atom is 0.306 e. The fourth-order valence-electron chi connectivity index (χ4n) is 6.01. The molecule has 3 N–H and O–H groups in total. The van der Waals surface area contributed by atoms with E-state index in [0.717, 1.165) is 64.2 Å². The van der Waals surface area contributed by atoms with E-state index in [9.17, 15) is 19.8 Å². The largest absolute Gasteiger partial charge is 0.461 e. The van der Waals surface area contributed by atoms with Crippen LogP contribution in [-0.2, 0) is 14.3 Å². The molecule has 0 saturated carbocycles. The Morgan fingerprint density at radius 3 is 1.53 bits per heavy atom. The molecule has 0 aliphatic rings. The maximum atomic E-state index is 13.1. The van der Waals surface area contributed by atoms with Gasteiger partial charge in [-0.2, -0.15) is 0 Å². The summed E-state index contributed by atoms with van der Waals surface area (Å²) < 4.78 is 5.78. The number of aliphatic hydroxyl groups excluding tert-OH is 2. The summed E-state index contributed by atoms with van der Waals surface area (Å²) >= 11 is 0. The zero-order chi connectivity index (χ0) is 42.4. The Morgan fingerprint density at radius 1 is 0.552 bits per heavy atom. The number of nitrogens with one attached hydrogen (secondary N) is 1. The third-order valence-corrected chi connectivity index (χ3v) is 9.42. The van der Waals surface area contributed by atoms with E-state index in [1.54, 1.807) is 0 Å². The highest BCUT2D eigenvalue weighted by atomic mass is 16.5. The number of unbranched alkanes of at least 4 members (excludes halogenated alkanes) is 11. The van der Waals surface area contributed by atoms with Gasteiger partial charge in [-0.1, -0.05) is 213 Å². The van der Waals surface area contributed by atoms with Crippen LogP contribution >= 0.6 is 0 Å². The molecule has 0 aromatic carbocycles. The number of aliphatic hydroxyl groups is 2. The van der Waals surface area contributed by atoms with Crippen LogP contribution in [0.2, 0.25) is 0 Å². The van der Waals surface area contributed by atoms with Gasteiger partial charge in [0.05, 0.1) is 25.2 Å². The van der Waals surface area contributed by atoms with E-state index in [-0.39, 0.29) is 31.3 Å². The Hall–Kier alpha value is -3.74. The molecule has 1 amide bonds. The predicted octanol–water partition coefficient (Wildman–Crippen LogP) is 13.3. The number of carbonyl (C=O) groups excluding carboxylic acids is 2. The number of hydrogen-bond acceptors (Lipinski definition) is 5. The zero-order valence-electron chi connectivity index (χ0n) is 36.9. The molecular weight excluding hydrogens is 719 g/mol. The lowest BCUT2D eigenvalue weighted by Gasteiger charge is -2.24. The van der Waals surface area contributed by atoms with Crippen LogP contribution in [0.1, 0.15) is 168 Å². The highest BCUT2D eigenvalue weighted by molar-refractivity contribution is 5.77. The van der Waals surface area contributed by atoms with Crippen LogP contribution < -0.4 is 5.32 Å². The fraction of sp³-hybridized carbons (Fsp3) is 0.577. The number of carbonyl (C=O) groups is 2. The van der Waals surface area contributed by atoms with E-state index in [1.807, 2.05) is 54.7 Å². The van der Waals surface area contributed by atoms with Gasteiger partial charge >= 0.3 is 5.97 Å². The maximum absolute atomic E-state index is 13.1. The SMILES string of the molecule is CC/C=C\C/C=C\C/C=C\C/C=C\C/C=C\CCCC(=O)OC(C/C=C/C=C\C=C/C=C/C=C/CC)CC(=O)NC(CO)C(O)CCCCCCCCCCCCC. The van der Waals surface area contributed by atoms with Gasteiger partial charge in [-0.05, 0) is 57.8 Å². The molecule has 0 aliphatic heterocycles. The van der Waals surface area contributed by atoms with Crippen molar-refractivity contribution >= 4 is 11.9 Å². The van der Waals surface area contributed by atoms with Gasteiger partial charge in [-0.3, -0.25) is 9.59 Å². The zero-order valence-corrected chi connectivity index (χ0v) is 36.9. The number of allylic oxidation sites excluding steroid dienone is 19. The summed E-state index contributed by atoms with van der Waals surface area (Å²) in [7, 11) is 0. The molecule has 326 valence electrons. The summed E-state index contributed by atoms with van der Waals surface area (Å²) in [6.07, 6.45) is 61.4. The second-order valence-corrected chi connectivity index (χ2v) is 14.8. The van der Waals surface area contributed by atoms with Crippen molar-refractivity contribution in [2.75, 3.05) is 6.61 Å². The molecule has 0 rings (SSSR count). The average Bonchev–Trinajstić information content (AvgIpc) is 3.22. The van der Waals surface area contributed by atoms with Crippen molar-refractivity contribution in [2.24, 2.45) is 0 Å². The molecule has 0 spiro atoms. The standard InChI is InChI=1S/C52H83NO5/c1-4-7-10-13-16-19-22-23-24-25-26-27-30-33-36-39-42-45-52(57)58-48(43-40-37-34-31-28-20-17-14-11-8-5-2)46-51(56)53-49(47-54)50(55)44-41-38-35-32-29-21-18-15-12-9-6-3/h7-8,10-11,14,16-17,19-20,23-24,26-28,31,33-34,36-37,40,48-50,54-55H,4-6,9,12-13,15,18,21-22,25,29-30,32,35,38-39,41-47H2,1-3H3,(H,53,56)/b10-7-,11-8+,17-14+,19-16-,24-23-,27-26-,28-20-,34-31-,36-33-,40-37+. The molecule has 6 heteroatoms. The molecule has 58 heavy (non-hydrogen) atoms. The lowest BCUT2D eigenvalue weighted by molar-refractivity contribution is -0.150. The van der Waals surface area contributed by atoms with Gasteiger partial charge in [0, 0.05) is 12.8 Å². The minimum atomic E-state index is -0.833. The van der Waals surface area contributed by atoms with Crippen molar-refractivity contribution in [1.82, 2.24) is 5.32 Å². The van der Waals surface area contributed by atoms with Crippen LogP contribution in [-0.4, -0.2) is 46.9 Å². The first kappa shape index (κ1) is 54.3. The topological polar surface area (TPSA) is 95.9 Å². The molecule has 3 atom stereocenters. The summed E-state index contributed by atoms with van der Waals surface area (Å²) in [6.45, 7) is 6.13. The normalized spacial score (nSPS) is 14.5. The molecule has 0 aromatic rings. The second-order valence-electron chi connectivity index (χ2n) is 14.8. The van der Waals surface area contributed by atoms with Crippen molar-refractivity contribution in [1.29, 1.82) is 0 Å². The van der Waals surface area contributed by atoms with E-state index in [4.69, 9.17) is 4.74 Å². The van der Waals surface area contributed by atoms with Gasteiger partial charge < -0.3 is 20.3 Å². The number of ether oxygens (including phenoxy) is 1. The van der Waals surface area contributed by atoms with Crippen LogP contribution in [0.5, 0.6) is 0 Å². The Bertz CT molecular complexity index is 1260. The molecule has 3 unspecified atom stereocenters. The number of esters is 1. The van der Waals surface area contributed by atoms with E-state index >= 15 is 0 Å². The second kappa shape index (κ2) is 44.4. The van der Waals surface area contributed by atoms with Crippen LogP contribution in [0, 0.1) is 0 Å². The quantitative estimate of drug-likeness (QED) is 0.0250. The molecular formula is C52H83NO5. The third kappa shape index (κ3) is 39.1. The summed E-state index contributed by atoms with van der Waals surface area (Å²) in [4.78, 5) is 25.9. The van der Waals surface area contributed by atoms with Gasteiger partial charge in [0.25, 0.3) is 0 Å². The highest BCUT2D eigenvalue weighted by Gasteiger charge is 2.23. The first-order chi connectivity index (χ1) is 28.5. The minimum Gasteiger partial charge on any atom is -0.461 e. The first-order valence-electron chi connectivity index (χ1n) is 22.8. The number of hydrogen-bond donors (Lipinski definition) is 3. The smallest absolute Gasteiger partial charge is 0.306 e. The van der Waals surface area contributed by atoms with E-state index < -0.39 is 18.2 Å². The van der Waals surface area contributed by atoms with Crippen LogP contribution in [0.15, 0.2) is 122 Å². The van der Waals surface area contributed by atoms with E-state index in [2.05, 4.69) is 92.9 Å². The average molecular weight is 802 g/mol. The summed E-state index contributed by atoms with van der Waals surface area (Å²) in [5.41, 5.74) is 0. The molecule has 0 heterocycles. The monoisotopic (exact) mass is 802 g/mol. The Balaban J connectivity index is 4.83. The predicted molar refractivity (Wildman–Crippen MR) is 250 cm³/mol. The molecule has 0 radical (unpaired) electrons. The molecule has 0 aliphatic carbocycles. The van der Waals surface area contributed by atoms with Crippen LogP contribution in [0.4, 0.5) is 0 Å².